The molecule has 0 spiro atoms. The second-order valence-corrected chi connectivity index (χ2v) is 8.46. The minimum atomic E-state index is -3.61. The fourth-order valence-electron chi connectivity index (χ4n) is 3.63. The third-order valence-electron chi connectivity index (χ3n) is 5.58. The lowest BCUT2D eigenvalue weighted by Crippen LogP contribution is -2.18. The lowest BCUT2D eigenvalue weighted by Gasteiger charge is -2.15. The van der Waals surface area contributed by atoms with E-state index in [1.54, 1.807) is 38.1 Å². The van der Waals surface area contributed by atoms with Crippen LogP contribution < -0.4 is 10.6 Å². The first-order valence-corrected chi connectivity index (χ1v) is 10.9. The Morgan fingerprint density at radius 3 is 2.50 bits per heavy atom. The Bertz CT molecular complexity index is 1330. The summed E-state index contributed by atoms with van der Waals surface area (Å²) < 4.78 is 37.8. The van der Waals surface area contributed by atoms with Crippen LogP contribution in [0.5, 0.6) is 0 Å². The molecule has 0 aliphatic heterocycles. The zero-order valence-electron chi connectivity index (χ0n) is 18.8. The predicted octanol–water partition coefficient (Wildman–Crippen LogP) is 4.91. The molecule has 13 heteroatoms. The average Bonchev–Trinajstić information content (AvgIpc) is 3.25. The molecule has 1 aromatic carbocycles. The monoisotopic (exact) mass is 520 g/mol. The molecule has 3 aromatic rings. The minimum absolute atomic E-state index is 0.0642. The number of carboxylic acids is 1. The van der Waals surface area contributed by atoms with Gasteiger partial charge in [0.25, 0.3) is 5.92 Å². The first kappa shape index (κ1) is 25.0. The van der Waals surface area contributed by atoms with Gasteiger partial charge in [-0.25, -0.2) is 13.6 Å². The number of carbonyl (C=O) groups excluding carboxylic acids is 2. The highest BCUT2D eigenvalue weighted by Crippen LogP contribution is 2.55. The fraction of sp³-hybridized carbons (Fsp3) is 0.261. The Hall–Kier alpha value is -4.06. The van der Waals surface area contributed by atoms with Crippen molar-refractivity contribution >= 4 is 40.9 Å². The number of aryl methyl sites for hydroxylation is 1. The number of hydrogen-bond donors (Lipinski definition) is 3. The van der Waals surface area contributed by atoms with Gasteiger partial charge in [-0.3, -0.25) is 19.9 Å². The van der Waals surface area contributed by atoms with Crippen LogP contribution in [0.25, 0.3) is 11.5 Å². The van der Waals surface area contributed by atoms with Crippen molar-refractivity contribution < 1.29 is 37.5 Å². The van der Waals surface area contributed by atoms with E-state index in [9.17, 15) is 23.2 Å². The summed E-state index contributed by atoms with van der Waals surface area (Å²) in [5, 5.41) is 17.9. The summed E-state index contributed by atoms with van der Waals surface area (Å²) in [6.45, 7) is 3.25. The lowest BCUT2D eigenvalue weighted by atomic mass is 10.1. The Balaban J connectivity index is 1.43. The van der Waals surface area contributed by atoms with Crippen molar-refractivity contribution in [2.45, 2.75) is 25.9 Å². The smallest absolute Gasteiger partial charge is 0.412 e. The van der Waals surface area contributed by atoms with Crippen molar-refractivity contribution in [2.75, 3.05) is 10.6 Å². The van der Waals surface area contributed by atoms with Gasteiger partial charge in [-0.05, 0) is 32.0 Å². The predicted molar refractivity (Wildman–Crippen MR) is 123 cm³/mol. The largest absolute Gasteiger partial charge is 0.481 e. The number of aliphatic carboxylic acids is 1. The highest BCUT2D eigenvalue weighted by atomic mass is 35.5. The Labute approximate surface area is 207 Å². The molecule has 1 aliphatic rings. The second-order valence-electron chi connectivity index (χ2n) is 8.06. The van der Waals surface area contributed by atoms with Gasteiger partial charge < -0.3 is 19.7 Å². The summed E-state index contributed by atoms with van der Waals surface area (Å²) in [6.07, 6.45) is -0.275. The van der Waals surface area contributed by atoms with Crippen LogP contribution in [0.2, 0.25) is 5.02 Å². The standard InChI is InChI=1S/C23H19ClF2N4O6/c1-10-18(29-22(34)35-11(2)13-5-3-4-6-14(13)24)19(36-30-10)15-8-7-12(9-27-15)28-20(31)16-17(21(32)33)23(16,25)26/h3-9,11,16-17H,1-2H3,(H,28,31)(H,29,34)(H,32,33)/t11-,16?,17?/m1/s1. The van der Waals surface area contributed by atoms with Gasteiger partial charge in [0, 0.05) is 10.6 Å². The zero-order valence-corrected chi connectivity index (χ0v) is 19.5. The van der Waals surface area contributed by atoms with Crippen molar-refractivity contribution in [3.8, 4) is 11.5 Å². The molecular formula is C23H19ClF2N4O6. The molecule has 1 saturated carbocycles. The number of amides is 2. The molecule has 2 amide bonds. The van der Waals surface area contributed by atoms with Gasteiger partial charge >= 0.3 is 12.1 Å². The van der Waals surface area contributed by atoms with E-state index in [0.717, 1.165) is 0 Å². The molecular weight excluding hydrogens is 502 g/mol. The van der Waals surface area contributed by atoms with Gasteiger partial charge in [0.15, 0.2) is 0 Å². The molecule has 1 fully saturated rings. The molecule has 188 valence electrons. The maximum absolute atomic E-state index is 13.6. The fourth-order valence-corrected chi connectivity index (χ4v) is 3.92. The first-order chi connectivity index (χ1) is 17.0. The van der Waals surface area contributed by atoms with E-state index in [0.29, 0.717) is 16.3 Å². The molecule has 2 unspecified atom stereocenters. The van der Waals surface area contributed by atoms with Gasteiger partial charge in [0.2, 0.25) is 11.7 Å². The Morgan fingerprint density at radius 1 is 1.17 bits per heavy atom. The number of carboxylic acid groups (broad SMARTS) is 1. The Kier molecular flexibility index (Phi) is 6.63. The van der Waals surface area contributed by atoms with Crippen LogP contribution >= 0.6 is 11.6 Å². The topological polar surface area (TPSA) is 144 Å². The molecule has 2 aromatic heterocycles. The van der Waals surface area contributed by atoms with Crippen LogP contribution in [-0.2, 0) is 14.3 Å². The van der Waals surface area contributed by atoms with E-state index >= 15 is 0 Å². The van der Waals surface area contributed by atoms with Crippen LogP contribution in [0, 0.1) is 18.8 Å². The molecule has 36 heavy (non-hydrogen) atoms. The van der Waals surface area contributed by atoms with Gasteiger partial charge in [0.05, 0.1) is 11.9 Å². The number of carbonyl (C=O) groups is 3. The van der Waals surface area contributed by atoms with Gasteiger partial charge in [-0.2, -0.15) is 0 Å². The Morgan fingerprint density at radius 2 is 1.89 bits per heavy atom. The third-order valence-corrected chi connectivity index (χ3v) is 5.93. The van der Waals surface area contributed by atoms with Crippen molar-refractivity contribution in [1.82, 2.24) is 10.1 Å². The van der Waals surface area contributed by atoms with Crippen LogP contribution in [0.4, 0.5) is 25.0 Å². The van der Waals surface area contributed by atoms with Gasteiger partial charge in [-0.15, -0.1) is 0 Å². The summed E-state index contributed by atoms with van der Waals surface area (Å²) in [4.78, 5) is 39.5. The summed E-state index contributed by atoms with van der Waals surface area (Å²) in [6, 6.07) is 9.68. The van der Waals surface area contributed by atoms with E-state index < -0.39 is 41.8 Å². The van der Waals surface area contributed by atoms with Crippen molar-refractivity contribution in [3.05, 3.63) is 58.9 Å². The molecule has 10 nitrogen and oxygen atoms in total. The number of rotatable bonds is 7. The number of nitrogens with zero attached hydrogens (tertiary/aromatic N) is 2. The van der Waals surface area contributed by atoms with Crippen LogP contribution in [0.15, 0.2) is 47.1 Å². The summed E-state index contributed by atoms with van der Waals surface area (Å²) in [5.41, 5.74) is 1.42. The number of ether oxygens (including phenoxy) is 1. The normalized spacial score (nSPS) is 18.7. The summed E-state index contributed by atoms with van der Waals surface area (Å²) in [7, 11) is 0. The lowest BCUT2D eigenvalue weighted by molar-refractivity contribution is -0.141. The van der Waals surface area contributed by atoms with E-state index in [-0.39, 0.29) is 22.8 Å². The summed E-state index contributed by atoms with van der Waals surface area (Å²) in [5.74, 6) is -10.4. The number of pyridine rings is 1. The van der Waals surface area contributed by atoms with Gasteiger partial charge in [-0.1, -0.05) is 35.0 Å². The van der Waals surface area contributed by atoms with Crippen molar-refractivity contribution in [2.24, 2.45) is 11.8 Å². The number of alkyl halides is 2. The number of anilines is 2. The number of nitrogens with one attached hydrogen (secondary N) is 2. The molecule has 0 bridgehead atoms. The van der Waals surface area contributed by atoms with E-state index in [2.05, 4.69) is 20.8 Å². The van der Waals surface area contributed by atoms with Crippen LogP contribution in [-0.4, -0.2) is 39.1 Å². The van der Waals surface area contributed by atoms with E-state index in [1.807, 2.05) is 0 Å². The van der Waals surface area contributed by atoms with Crippen LogP contribution in [0.1, 0.15) is 24.3 Å². The first-order valence-electron chi connectivity index (χ1n) is 10.6. The maximum atomic E-state index is 13.6. The molecule has 0 radical (unpaired) electrons. The maximum Gasteiger partial charge on any atom is 0.412 e. The number of aromatic nitrogens is 2. The highest BCUT2D eigenvalue weighted by molar-refractivity contribution is 6.31. The number of hydrogen-bond acceptors (Lipinski definition) is 7. The van der Waals surface area contributed by atoms with Crippen molar-refractivity contribution in [3.63, 3.8) is 0 Å². The molecule has 3 atom stereocenters. The number of halogens is 3. The third kappa shape index (κ3) is 4.85. The zero-order chi connectivity index (χ0) is 26.2. The average molecular weight is 521 g/mol. The molecule has 2 heterocycles. The quantitative estimate of drug-likeness (QED) is 0.398. The summed E-state index contributed by atoms with van der Waals surface area (Å²) >= 11 is 6.14. The van der Waals surface area contributed by atoms with Crippen LogP contribution in [0.3, 0.4) is 0 Å². The molecule has 4 rings (SSSR count). The molecule has 1 aliphatic carbocycles. The second kappa shape index (κ2) is 9.53. The van der Waals surface area contributed by atoms with E-state index in [1.165, 1.54) is 18.3 Å². The SMILES string of the molecule is Cc1noc(-c2ccc(NC(=O)C3C(C(=O)O)C3(F)F)cn2)c1NC(=O)O[C@H](C)c1ccccc1Cl. The van der Waals surface area contributed by atoms with Crippen molar-refractivity contribution in [1.29, 1.82) is 0 Å². The van der Waals surface area contributed by atoms with Gasteiger partial charge in [0.1, 0.15) is 35.0 Å². The van der Waals surface area contributed by atoms with E-state index in [4.69, 9.17) is 26.0 Å². The minimum Gasteiger partial charge on any atom is -0.481 e. The highest BCUT2D eigenvalue weighted by Gasteiger charge is 2.76. The molecule has 3 N–H and O–H groups in total. The number of benzene rings is 1. The molecule has 0 saturated heterocycles.